The van der Waals surface area contributed by atoms with Gasteiger partial charge in [-0.05, 0) is 30.4 Å². The highest BCUT2D eigenvalue weighted by Gasteiger charge is 2.19. The van der Waals surface area contributed by atoms with Crippen LogP contribution in [0.1, 0.15) is 43.6 Å². The zero-order valence-corrected chi connectivity index (χ0v) is 11.6. The molecule has 0 fully saturated rings. The summed E-state index contributed by atoms with van der Waals surface area (Å²) in [5.74, 6) is -1.95. The van der Waals surface area contributed by atoms with Crippen molar-refractivity contribution in [1.82, 2.24) is 10.3 Å². The predicted molar refractivity (Wildman–Crippen MR) is 71.8 cm³/mol. The van der Waals surface area contributed by atoms with Crippen molar-refractivity contribution in [2.24, 2.45) is 5.41 Å². The largest absolute Gasteiger partial charge is 0.481 e. The van der Waals surface area contributed by atoms with Crippen molar-refractivity contribution < 1.29 is 19.1 Å². The minimum atomic E-state index is -0.828. The van der Waals surface area contributed by atoms with Crippen molar-refractivity contribution in [3.05, 3.63) is 29.8 Å². The number of rotatable bonds is 7. The monoisotopic (exact) mass is 282 g/mol. The van der Waals surface area contributed by atoms with Gasteiger partial charge in [0.1, 0.15) is 5.69 Å². The fourth-order valence-corrected chi connectivity index (χ4v) is 1.71. The molecule has 0 saturated heterocycles. The molecule has 5 nitrogen and oxygen atoms in total. The van der Waals surface area contributed by atoms with E-state index in [4.69, 9.17) is 5.11 Å². The summed E-state index contributed by atoms with van der Waals surface area (Å²) in [5, 5.41) is 11.3. The molecule has 0 aliphatic carbocycles. The van der Waals surface area contributed by atoms with Crippen molar-refractivity contribution in [2.75, 3.05) is 6.54 Å². The Morgan fingerprint density at radius 1 is 1.35 bits per heavy atom. The minimum absolute atomic E-state index is 0.0355. The summed E-state index contributed by atoms with van der Waals surface area (Å²) in [4.78, 5) is 25.7. The molecule has 110 valence electrons. The van der Waals surface area contributed by atoms with Gasteiger partial charge in [0.05, 0.1) is 0 Å². The van der Waals surface area contributed by atoms with E-state index in [1.54, 1.807) is 0 Å². The number of aliphatic carboxylic acids is 1. The molecule has 0 unspecified atom stereocenters. The van der Waals surface area contributed by atoms with E-state index < -0.39 is 17.8 Å². The lowest BCUT2D eigenvalue weighted by atomic mass is 9.84. The molecular weight excluding hydrogens is 263 g/mol. The van der Waals surface area contributed by atoms with E-state index >= 15 is 0 Å². The molecule has 0 aliphatic heterocycles. The van der Waals surface area contributed by atoms with Gasteiger partial charge >= 0.3 is 5.97 Å². The van der Waals surface area contributed by atoms with E-state index in [9.17, 15) is 14.0 Å². The summed E-state index contributed by atoms with van der Waals surface area (Å²) < 4.78 is 12.9. The smallest absolute Gasteiger partial charge is 0.303 e. The third-order valence-electron chi connectivity index (χ3n) is 3.05. The van der Waals surface area contributed by atoms with Gasteiger partial charge in [-0.15, -0.1) is 0 Å². The number of halogens is 1. The van der Waals surface area contributed by atoms with E-state index in [0.717, 1.165) is 0 Å². The van der Waals surface area contributed by atoms with E-state index in [1.165, 1.54) is 18.2 Å². The Kier molecular flexibility index (Phi) is 5.61. The molecule has 0 atom stereocenters. The second kappa shape index (κ2) is 6.98. The van der Waals surface area contributed by atoms with E-state index in [-0.39, 0.29) is 17.5 Å². The van der Waals surface area contributed by atoms with E-state index in [1.807, 2.05) is 13.8 Å². The molecule has 6 heteroatoms. The Morgan fingerprint density at radius 3 is 2.65 bits per heavy atom. The third kappa shape index (κ3) is 5.77. The van der Waals surface area contributed by atoms with Crippen LogP contribution in [0.15, 0.2) is 18.2 Å². The van der Waals surface area contributed by atoms with E-state index in [2.05, 4.69) is 10.3 Å². The Labute approximate surface area is 117 Å². The van der Waals surface area contributed by atoms with Crippen LogP contribution in [0.3, 0.4) is 0 Å². The molecule has 0 saturated carbocycles. The number of aromatic nitrogens is 1. The third-order valence-corrected chi connectivity index (χ3v) is 3.05. The normalized spacial score (nSPS) is 11.2. The number of hydrogen-bond acceptors (Lipinski definition) is 3. The van der Waals surface area contributed by atoms with Crippen LogP contribution in [-0.2, 0) is 4.79 Å². The van der Waals surface area contributed by atoms with Crippen LogP contribution in [0.25, 0.3) is 0 Å². The second-order valence-electron chi connectivity index (χ2n) is 5.41. The number of carbonyl (C=O) groups is 2. The molecule has 1 heterocycles. The average molecular weight is 282 g/mol. The highest BCUT2D eigenvalue weighted by Crippen LogP contribution is 2.25. The zero-order valence-electron chi connectivity index (χ0n) is 11.6. The topological polar surface area (TPSA) is 79.3 Å². The molecule has 2 N–H and O–H groups in total. The zero-order chi connectivity index (χ0) is 15.2. The molecular formula is C14H19FN2O3. The molecule has 0 aromatic carbocycles. The average Bonchev–Trinajstić information content (AvgIpc) is 2.36. The van der Waals surface area contributed by atoms with Crippen LogP contribution in [0.4, 0.5) is 4.39 Å². The summed E-state index contributed by atoms with van der Waals surface area (Å²) >= 11 is 0. The standard InChI is InChI=1S/C14H19FN2O3/c1-14(2,7-6-12(18)19)8-9-16-13(20)10-4-3-5-11(15)17-10/h3-5H,6-9H2,1-2H3,(H,16,20)(H,18,19). The number of carboxylic acids is 1. The first-order valence-corrected chi connectivity index (χ1v) is 6.43. The van der Waals surface area contributed by atoms with Crippen LogP contribution in [0.2, 0.25) is 0 Å². The Hall–Kier alpha value is -1.98. The van der Waals surface area contributed by atoms with Crippen molar-refractivity contribution in [3.8, 4) is 0 Å². The van der Waals surface area contributed by atoms with Gasteiger partial charge in [0.25, 0.3) is 5.91 Å². The lowest BCUT2D eigenvalue weighted by Gasteiger charge is -2.23. The highest BCUT2D eigenvalue weighted by molar-refractivity contribution is 5.92. The summed E-state index contributed by atoms with van der Waals surface area (Å²) in [5.41, 5.74) is -0.144. The van der Waals surface area contributed by atoms with Gasteiger partial charge in [0, 0.05) is 13.0 Å². The lowest BCUT2D eigenvalue weighted by molar-refractivity contribution is -0.137. The Balaban J connectivity index is 2.40. The first-order valence-electron chi connectivity index (χ1n) is 6.43. The number of pyridine rings is 1. The Morgan fingerprint density at radius 2 is 2.05 bits per heavy atom. The Bertz CT molecular complexity index is 489. The molecule has 0 radical (unpaired) electrons. The van der Waals surface area contributed by atoms with Crippen molar-refractivity contribution in [2.45, 2.75) is 33.1 Å². The first kappa shape index (κ1) is 16.1. The minimum Gasteiger partial charge on any atom is -0.481 e. The summed E-state index contributed by atoms with van der Waals surface area (Å²) in [7, 11) is 0. The number of nitrogens with one attached hydrogen (secondary N) is 1. The molecule has 0 spiro atoms. The van der Waals surface area contributed by atoms with Gasteiger partial charge in [-0.1, -0.05) is 19.9 Å². The maximum absolute atomic E-state index is 12.9. The quantitative estimate of drug-likeness (QED) is 0.752. The second-order valence-corrected chi connectivity index (χ2v) is 5.41. The molecule has 1 aromatic rings. The molecule has 0 bridgehead atoms. The molecule has 1 rings (SSSR count). The van der Waals surface area contributed by atoms with Crippen LogP contribution < -0.4 is 5.32 Å². The molecule has 0 aliphatic rings. The maximum Gasteiger partial charge on any atom is 0.303 e. The van der Waals surface area contributed by atoms with Gasteiger partial charge in [-0.2, -0.15) is 4.39 Å². The fourth-order valence-electron chi connectivity index (χ4n) is 1.71. The highest BCUT2D eigenvalue weighted by atomic mass is 19.1. The SMILES string of the molecule is CC(C)(CCNC(=O)c1cccc(F)n1)CCC(=O)O. The van der Waals surface area contributed by atoms with Crippen LogP contribution in [0, 0.1) is 11.4 Å². The van der Waals surface area contributed by atoms with Crippen molar-refractivity contribution in [1.29, 1.82) is 0 Å². The van der Waals surface area contributed by atoms with Gasteiger partial charge < -0.3 is 10.4 Å². The van der Waals surface area contributed by atoms with Crippen LogP contribution in [-0.4, -0.2) is 28.5 Å². The van der Waals surface area contributed by atoms with Gasteiger partial charge in [0.2, 0.25) is 5.95 Å². The number of nitrogens with zero attached hydrogens (tertiary/aromatic N) is 1. The number of carboxylic acid groups (broad SMARTS) is 1. The predicted octanol–water partition coefficient (Wildman–Crippen LogP) is 2.23. The molecule has 20 heavy (non-hydrogen) atoms. The van der Waals surface area contributed by atoms with Gasteiger partial charge in [0.15, 0.2) is 0 Å². The molecule has 1 amide bonds. The van der Waals surface area contributed by atoms with Crippen LogP contribution in [0.5, 0.6) is 0 Å². The first-order chi connectivity index (χ1) is 9.30. The summed E-state index contributed by atoms with van der Waals surface area (Å²) in [6.07, 6.45) is 1.28. The number of hydrogen-bond donors (Lipinski definition) is 2. The lowest BCUT2D eigenvalue weighted by Crippen LogP contribution is -2.29. The van der Waals surface area contributed by atoms with Crippen molar-refractivity contribution >= 4 is 11.9 Å². The maximum atomic E-state index is 12.9. The van der Waals surface area contributed by atoms with Crippen molar-refractivity contribution in [3.63, 3.8) is 0 Å². The summed E-state index contributed by atoms with van der Waals surface area (Å²) in [6.45, 7) is 4.29. The van der Waals surface area contributed by atoms with Gasteiger partial charge in [-0.25, -0.2) is 4.98 Å². The fraction of sp³-hybridized carbons (Fsp3) is 0.500. The molecule has 1 aromatic heterocycles. The van der Waals surface area contributed by atoms with Crippen LogP contribution >= 0.6 is 0 Å². The summed E-state index contributed by atoms with van der Waals surface area (Å²) in [6, 6.07) is 4.04. The van der Waals surface area contributed by atoms with Gasteiger partial charge in [-0.3, -0.25) is 9.59 Å². The van der Waals surface area contributed by atoms with E-state index in [0.29, 0.717) is 19.4 Å². The number of carbonyl (C=O) groups excluding carboxylic acids is 1. The number of amides is 1.